The van der Waals surface area contributed by atoms with E-state index in [0.717, 1.165) is 16.8 Å². The van der Waals surface area contributed by atoms with Gasteiger partial charge in [-0.1, -0.05) is 30.3 Å². The summed E-state index contributed by atoms with van der Waals surface area (Å²) in [6.45, 7) is 4.15. The molecule has 1 atom stereocenters. The minimum Gasteiger partial charge on any atom is -0.384 e. The lowest BCUT2D eigenvalue weighted by Gasteiger charge is -2.17. The van der Waals surface area contributed by atoms with Crippen LogP contribution in [-0.2, 0) is 0 Å². The molecule has 0 aliphatic heterocycles. The van der Waals surface area contributed by atoms with Crippen molar-refractivity contribution >= 4 is 5.69 Å². The van der Waals surface area contributed by atoms with E-state index in [1.165, 1.54) is 11.1 Å². The number of aryl methyl sites for hydroxylation is 2. The van der Waals surface area contributed by atoms with Gasteiger partial charge in [0.05, 0.1) is 0 Å². The SMILES string of the molecule is Cc1ccc(C(O)c2cccc(N(C)C)c2)cc1C. The quantitative estimate of drug-likeness (QED) is 0.908. The molecule has 0 aliphatic rings. The minimum atomic E-state index is -0.570. The maximum Gasteiger partial charge on any atom is 0.104 e. The zero-order valence-corrected chi connectivity index (χ0v) is 12.0. The van der Waals surface area contributed by atoms with Gasteiger partial charge in [-0.15, -0.1) is 0 Å². The monoisotopic (exact) mass is 255 g/mol. The fourth-order valence-electron chi connectivity index (χ4n) is 2.10. The summed E-state index contributed by atoms with van der Waals surface area (Å²) in [6.07, 6.45) is -0.570. The van der Waals surface area contributed by atoms with E-state index in [2.05, 4.69) is 26.0 Å². The summed E-state index contributed by atoms with van der Waals surface area (Å²) in [5.74, 6) is 0. The number of hydrogen-bond donors (Lipinski definition) is 1. The van der Waals surface area contributed by atoms with Crippen LogP contribution >= 0.6 is 0 Å². The van der Waals surface area contributed by atoms with Gasteiger partial charge in [0.25, 0.3) is 0 Å². The fraction of sp³-hybridized carbons (Fsp3) is 0.294. The molecule has 0 aromatic heterocycles. The summed E-state index contributed by atoms with van der Waals surface area (Å²) in [5.41, 5.74) is 5.42. The van der Waals surface area contributed by atoms with Crippen LogP contribution in [0, 0.1) is 13.8 Å². The summed E-state index contributed by atoms with van der Waals surface area (Å²) in [4.78, 5) is 2.04. The van der Waals surface area contributed by atoms with E-state index in [9.17, 15) is 5.11 Å². The van der Waals surface area contributed by atoms with Crippen molar-refractivity contribution in [2.45, 2.75) is 20.0 Å². The fourth-order valence-corrected chi connectivity index (χ4v) is 2.10. The van der Waals surface area contributed by atoms with E-state index in [1.54, 1.807) is 0 Å². The second-order valence-electron chi connectivity index (χ2n) is 5.24. The number of aliphatic hydroxyl groups excluding tert-OH is 1. The number of anilines is 1. The molecule has 1 unspecified atom stereocenters. The first kappa shape index (κ1) is 13.6. The van der Waals surface area contributed by atoms with Gasteiger partial charge in [0.1, 0.15) is 6.10 Å². The van der Waals surface area contributed by atoms with Crippen LogP contribution in [0.2, 0.25) is 0 Å². The van der Waals surface area contributed by atoms with E-state index in [0.29, 0.717) is 0 Å². The molecule has 0 saturated heterocycles. The van der Waals surface area contributed by atoms with Crippen molar-refractivity contribution in [2.24, 2.45) is 0 Å². The Labute approximate surface area is 115 Å². The topological polar surface area (TPSA) is 23.5 Å². The van der Waals surface area contributed by atoms with Gasteiger partial charge < -0.3 is 10.0 Å². The van der Waals surface area contributed by atoms with Gasteiger partial charge in [-0.2, -0.15) is 0 Å². The van der Waals surface area contributed by atoms with Crippen LogP contribution in [-0.4, -0.2) is 19.2 Å². The Hall–Kier alpha value is -1.80. The van der Waals surface area contributed by atoms with Crippen LogP contribution in [0.1, 0.15) is 28.4 Å². The Balaban J connectivity index is 2.35. The summed E-state index contributed by atoms with van der Waals surface area (Å²) < 4.78 is 0. The minimum absolute atomic E-state index is 0.570. The van der Waals surface area contributed by atoms with E-state index >= 15 is 0 Å². The van der Waals surface area contributed by atoms with Crippen molar-refractivity contribution in [1.29, 1.82) is 0 Å². The van der Waals surface area contributed by atoms with Crippen molar-refractivity contribution in [3.8, 4) is 0 Å². The van der Waals surface area contributed by atoms with Crippen molar-refractivity contribution in [2.75, 3.05) is 19.0 Å². The highest BCUT2D eigenvalue weighted by Gasteiger charge is 2.12. The zero-order valence-electron chi connectivity index (χ0n) is 12.0. The first-order chi connectivity index (χ1) is 8.99. The van der Waals surface area contributed by atoms with Crippen LogP contribution in [0.15, 0.2) is 42.5 Å². The van der Waals surface area contributed by atoms with Crippen LogP contribution in [0.4, 0.5) is 5.69 Å². The molecule has 2 aromatic rings. The second-order valence-corrected chi connectivity index (χ2v) is 5.24. The van der Waals surface area contributed by atoms with Crippen LogP contribution < -0.4 is 4.90 Å². The average molecular weight is 255 g/mol. The van der Waals surface area contributed by atoms with Gasteiger partial charge in [-0.25, -0.2) is 0 Å². The lowest BCUT2D eigenvalue weighted by molar-refractivity contribution is 0.220. The number of hydrogen-bond acceptors (Lipinski definition) is 2. The molecule has 2 heteroatoms. The molecule has 19 heavy (non-hydrogen) atoms. The zero-order chi connectivity index (χ0) is 14.0. The van der Waals surface area contributed by atoms with Crippen LogP contribution in [0.5, 0.6) is 0 Å². The van der Waals surface area contributed by atoms with Crippen molar-refractivity contribution < 1.29 is 5.11 Å². The first-order valence-electron chi connectivity index (χ1n) is 6.51. The van der Waals surface area contributed by atoms with E-state index in [-0.39, 0.29) is 0 Å². The number of nitrogens with zero attached hydrogens (tertiary/aromatic N) is 1. The molecule has 0 heterocycles. The molecule has 0 radical (unpaired) electrons. The lowest BCUT2D eigenvalue weighted by Crippen LogP contribution is -2.09. The molecule has 0 bridgehead atoms. The average Bonchev–Trinajstić information content (AvgIpc) is 2.41. The Morgan fingerprint density at radius 2 is 1.58 bits per heavy atom. The third kappa shape index (κ3) is 2.96. The van der Waals surface area contributed by atoms with Gasteiger partial charge in [-0.3, -0.25) is 0 Å². The summed E-state index contributed by atoms with van der Waals surface area (Å²) in [5, 5.41) is 10.5. The Bertz CT molecular complexity index is 575. The predicted molar refractivity (Wildman–Crippen MR) is 80.7 cm³/mol. The van der Waals surface area contributed by atoms with Gasteiger partial charge >= 0.3 is 0 Å². The first-order valence-corrected chi connectivity index (χ1v) is 6.51. The van der Waals surface area contributed by atoms with Gasteiger partial charge in [0, 0.05) is 19.8 Å². The molecular weight excluding hydrogens is 234 g/mol. The Morgan fingerprint density at radius 3 is 2.21 bits per heavy atom. The van der Waals surface area contributed by atoms with Gasteiger partial charge in [-0.05, 0) is 48.2 Å². The van der Waals surface area contributed by atoms with Crippen LogP contribution in [0.3, 0.4) is 0 Å². The predicted octanol–water partition coefficient (Wildman–Crippen LogP) is 3.45. The molecule has 100 valence electrons. The maximum atomic E-state index is 10.5. The van der Waals surface area contributed by atoms with E-state index in [4.69, 9.17) is 0 Å². The van der Waals surface area contributed by atoms with Crippen molar-refractivity contribution in [3.63, 3.8) is 0 Å². The smallest absolute Gasteiger partial charge is 0.104 e. The molecule has 2 nitrogen and oxygen atoms in total. The molecule has 0 amide bonds. The standard InChI is InChI=1S/C17H21NO/c1-12-8-9-15(10-13(12)2)17(19)14-6-5-7-16(11-14)18(3)4/h5-11,17,19H,1-4H3. The third-order valence-corrected chi connectivity index (χ3v) is 3.55. The molecule has 1 N–H and O–H groups in total. The second kappa shape index (κ2) is 5.45. The molecule has 0 saturated carbocycles. The Morgan fingerprint density at radius 1 is 0.895 bits per heavy atom. The number of aliphatic hydroxyl groups is 1. The highest BCUT2D eigenvalue weighted by Crippen LogP contribution is 2.26. The number of rotatable bonds is 3. The largest absolute Gasteiger partial charge is 0.384 e. The van der Waals surface area contributed by atoms with Gasteiger partial charge in [0.2, 0.25) is 0 Å². The molecule has 0 aliphatic carbocycles. The highest BCUT2D eigenvalue weighted by molar-refractivity contribution is 5.49. The highest BCUT2D eigenvalue weighted by atomic mass is 16.3. The van der Waals surface area contributed by atoms with Crippen molar-refractivity contribution in [1.82, 2.24) is 0 Å². The summed E-state index contributed by atoms with van der Waals surface area (Å²) in [6, 6.07) is 14.1. The summed E-state index contributed by atoms with van der Waals surface area (Å²) >= 11 is 0. The lowest BCUT2D eigenvalue weighted by atomic mass is 9.97. The number of benzene rings is 2. The molecule has 2 rings (SSSR count). The van der Waals surface area contributed by atoms with Crippen LogP contribution in [0.25, 0.3) is 0 Å². The maximum absolute atomic E-state index is 10.5. The normalized spacial score (nSPS) is 12.3. The molecular formula is C17H21NO. The molecule has 0 fully saturated rings. The Kier molecular flexibility index (Phi) is 3.91. The molecule has 2 aromatic carbocycles. The van der Waals surface area contributed by atoms with E-state index < -0.39 is 6.10 Å². The van der Waals surface area contributed by atoms with Gasteiger partial charge in [0.15, 0.2) is 0 Å². The third-order valence-electron chi connectivity index (χ3n) is 3.55. The van der Waals surface area contributed by atoms with E-state index in [1.807, 2.05) is 49.3 Å². The summed E-state index contributed by atoms with van der Waals surface area (Å²) in [7, 11) is 4.00. The van der Waals surface area contributed by atoms with Crippen molar-refractivity contribution in [3.05, 3.63) is 64.7 Å². The molecule has 0 spiro atoms.